The largest absolute Gasteiger partial charge is 0.355 e. The van der Waals surface area contributed by atoms with Crippen LogP contribution in [0, 0.1) is 5.92 Å². The number of hydrogen-bond donors (Lipinski definition) is 3. The first kappa shape index (κ1) is 12.0. The summed E-state index contributed by atoms with van der Waals surface area (Å²) in [6, 6.07) is 0. The van der Waals surface area contributed by atoms with Gasteiger partial charge in [-0.1, -0.05) is 0 Å². The van der Waals surface area contributed by atoms with Crippen LogP contribution in [0.4, 0.5) is 0 Å². The summed E-state index contributed by atoms with van der Waals surface area (Å²) in [6.45, 7) is 4.70. The highest BCUT2D eigenvalue weighted by Crippen LogP contribution is 1.95. The van der Waals surface area contributed by atoms with Gasteiger partial charge in [-0.15, -0.1) is 0 Å². The molecule has 0 unspecified atom stereocenters. The van der Waals surface area contributed by atoms with Gasteiger partial charge in [0.15, 0.2) is 0 Å². The van der Waals surface area contributed by atoms with Gasteiger partial charge >= 0.3 is 0 Å². The molecule has 15 heavy (non-hydrogen) atoms. The minimum Gasteiger partial charge on any atom is -0.355 e. The number of rotatable bonds is 0. The van der Waals surface area contributed by atoms with Crippen molar-refractivity contribution in [3.63, 3.8) is 0 Å². The summed E-state index contributed by atoms with van der Waals surface area (Å²) in [5.74, 6) is -0.960. The third-order valence-corrected chi connectivity index (χ3v) is 2.45. The fourth-order valence-electron chi connectivity index (χ4n) is 1.40. The van der Waals surface area contributed by atoms with Gasteiger partial charge in [-0.3, -0.25) is 9.59 Å². The number of nitrogens with one attached hydrogen (secondary N) is 3. The molecule has 1 fully saturated rings. The molecule has 0 aromatic heterocycles. The minimum absolute atomic E-state index is 0.187. The Hall–Kier alpha value is -1.10. The highest BCUT2D eigenvalue weighted by atomic mass is 16.2. The van der Waals surface area contributed by atoms with Crippen LogP contribution in [0.1, 0.15) is 19.8 Å². The molecule has 1 heterocycles. The van der Waals surface area contributed by atoms with E-state index in [1.54, 1.807) is 6.92 Å². The van der Waals surface area contributed by atoms with Gasteiger partial charge in [-0.2, -0.15) is 0 Å². The van der Waals surface area contributed by atoms with Gasteiger partial charge in [0.1, 0.15) is 5.92 Å². The van der Waals surface area contributed by atoms with Crippen molar-refractivity contribution in [3.05, 3.63) is 0 Å². The highest BCUT2D eigenvalue weighted by molar-refractivity contribution is 5.99. The molecule has 0 aromatic carbocycles. The van der Waals surface area contributed by atoms with Gasteiger partial charge in [-0.05, 0) is 32.9 Å². The summed E-state index contributed by atoms with van der Waals surface area (Å²) in [6.07, 6.45) is 1.81. The molecule has 5 heteroatoms. The van der Waals surface area contributed by atoms with Crippen LogP contribution in [0.25, 0.3) is 0 Å². The van der Waals surface area contributed by atoms with E-state index in [0.29, 0.717) is 13.1 Å². The Morgan fingerprint density at radius 1 is 0.933 bits per heavy atom. The van der Waals surface area contributed by atoms with E-state index < -0.39 is 5.92 Å². The van der Waals surface area contributed by atoms with E-state index in [1.807, 2.05) is 0 Å². The molecule has 0 aromatic rings. The molecule has 0 atom stereocenters. The molecule has 0 radical (unpaired) electrons. The molecule has 1 aliphatic rings. The average Bonchev–Trinajstić information content (AvgIpc) is 2.23. The molecular weight excluding hydrogens is 194 g/mol. The Kier molecular flexibility index (Phi) is 5.10. The quantitative estimate of drug-likeness (QED) is 0.463. The van der Waals surface area contributed by atoms with E-state index in [4.69, 9.17) is 0 Å². The van der Waals surface area contributed by atoms with Crippen molar-refractivity contribution in [2.24, 2.45) is 5.92 Å². The van der Waals surface area contributed by atoms with Crippen molar-refractivity contribution >= 4 is 11.8 Å². The van der Waals surface area contributed by atoms with E-state index in [2.05, 4.69) is 16.0 Å². The summed E-state index contributed by atoms with van der Waals surface area (Å²) in [7, 11) is 0. The Balaban J connectivity index is 2.44. The summed E-state index contributed by atoms with van der Waals surface area (Å²) < 4.78 is 0. The first-order valence-corrected chi connectivity index (χ1v) is 5.48. The van der Waals surface area contributed by atoms with Crippen molar-refractivity contribution in [2.75, 3.05) is 26.2 Å². The lowest BCUT2D eigenvalue weighted by molar-refractivity contribution is -0.134. The van der Waals surface area contributed by atoms with Crippen LogP contribution in [-0.4, -0.2) is 38.0 Å². The zero-order valence-electron chi connectivity index (χ0n) is 9.14. The predicted molar refractivity (Wildman–Crippen MR) is 57.3 cm³/mol. The summed E-state index contributed by atoms with van der Waals surface area (Å²) in [5, 5.41) is 8.72. The molecule has 0 bridgehead atoms. The van der Waals surface area contributed by atoms with Crippen LogP contribution in [-0.2, 0) is 9.59 Å². The Bertz CT molecular complexity index is 209. The van der Waals surface area contributed by atoms with E-state index in [9.17, 15) is 9.59 Å². The molecule has 86 valence electrons. The SMILES string of the molecule is CC1C(=O)NCCCNCCCNC1=O. The number of carbonyl (C=O) groups is 2. The lowest BCUT2D eigenvalue weighted by atomic mass is 10.1. The maximum atomic E-state index is 11.4. The molecule has 2 amide bonds. The molecule has 3 N–H and O–H groups in total. The van der Waals surface area contributed by atoms with Gasteiger partial charge < -0.3 is 16.0 Å². The molecule has 1 rings (SSSR count). The van der Waals surface area contributed by atoms with Crippen LogP contribution in [0.15, 0.2) is 0 Å². The fraction of sp³-hybridized carbons (Fsp3) is 0.800. The number of hydrogen-bond acceptors (Lipinski definition) is 3. The van der Waals surface area contributed by atoms with Crippen molar-refractivity contribution in [3.8, 4) is 0 Å². The molecule has 0 saturated carbocycles. The third-order valence-electron chi connectivity index (χ3n) is 2.45. The zero-order chi connectivity index (χ0) is 11.1. The van der Waals surface area contributed by atoms with Crippen LogP contribution < -0.4 is 16.0 Å². The summed E-state index contributed by atoms with van der Waals surface area (Å²) >= 11 is 0. The van der Waals surface area contributed by atoms with Gasteiger partial charge in [0.05, 0.1) is 0 Å². The highest BCUT2D eigenvalue weighted by Gasteiger charge is 2.20. The van der Waals surface area contributed by atoms with Crippen molar-refractivity contribution in [1.29, 1.82) is 0 Å². The summed E-state index contributed by atoms with van der Waals surface area (Å²) in [4.78, 5) is 22.9. The predicted octanol–water partition coefficient (Wildman–Crippen LogP) is -0.762. The molecule has 5 nitrogen and oxygen atoms in total. The molecule has 1 saturated heterocycles. The Labute approximate surface area is 90.0 Å². The zero-order valence-corrected chi connectivity index (χ0v) is 9.14. The fourth-order valence-corrected chi connectivity index (χ4v) is 1.40. The maximum Gasteiger partial charge on any atom is 0.232 e. The first-order valence-electron chi connectivity index (χ1n) is 5.48. The Morgan fingerprint density at radius 3 is 1.87 bits per heavy atom. The second-order valence-corrected chi connectivity index (χ2v) is 3.76. The molecule has 0 spiro atoms. The molecular formula is C10H19N3O2. The monoisotopic (exact) mass is 213 g/mol. The topological polar surface area (TPSA) is 70.2 Å². The number of amides is 2. The normalized spacial score (nSPS) is 22.2. The van der Waals surface area contributed by atoms with E-state index >= 15 is 0 Å². The van der Waals surface area contributed by atoms with Crippen LogP contribution >= 0.6 is 0 Å². The lowest BCUT2D eigenvalue weighted by Crippen LogP contribution is -2.41. The smallest absolute Gasteiger partial charge is 0.232 e. The van der Waals surface area contributed by atoms with E-state index in [-0.39, 0.29) is 11.8 Å². The second kappa shape index (κ2) is 6.40. The summed E-state index contributed by atoms with van der Waals surface area (Å²) in [5.41, 5.74) is 0. The standard InChI is InChI=1S/C10H19N3O2/c1-8-9(14)12-6-2-4-11-5-3-7-13-10(8)15/h8,11H,2-7H2,1H3,(H,12,14)(H,13,15). The second-order valence-electron chi connectivity index (χ2n) is 3.76. The Morgan fingerprint density at radius 2 is 1.40 bits per heavy atom. The molecule has 0 aliphatic carbocycles. The van der Waals surface area contributed by atoms with Crippen molar-refractivity contribution in [2.45, 2.75) is 19.8 Å². The molecule has 1 aliphatic heterocycles. The third kappa shape index (κ3) is 4.29. The van der Waals surface area contributed by atoms with Gasteiger partial charge in [0.25, 0.3) is 0 Å². The van der Waals surface area contributed by atoms with Crippen molar-refractivity contribution < 1.29 is 9.59 Å². The van der Waals surface area contributed by atoms with Crippen molar-refractivity contribution in [1.82, 2.24) is 16.0 Å². The van der Waals surface area contributed by atoms with Crippen LogP contribution in [0.2, 0.25) is 0 Å². The van der Waals surface area contributed by atoms with E-state index in [0.717, 1.165) is 25.9 Å². The first-order chi connectivity index (χ1) is 7.22. The van der Waals surface area contributed by atoms with Gasteiger partial charge in [-0.25, -0.2) is 0 Å². The maximum absolute atomic E-state index is 11.4. The van der Waals surface area contributed by atoms with Crippen LogP contribution in [0.5, 0.6) is 0 Å². The minimum atomic E-state index is -0.586. The van der Waals surface area contributed by atoms with E-state index in [1.165, 1.54) is 0 Å². The number of carbonyl (C=O) groups excluding carboxylic acids is 2. The van der Waals surface area contributed by atoms with Gasteiger partial charge in [0.2, 0.25) is 11.8 Å². The average molecular weight is 213 g/mol. The lowest BCUT2D eigenvalue weighted by Gasteiger charge is -2.14. The van der Waals surface area contributed by atoms with Gasteiger partial charge in [0, 0.05) is 13.1 Å². The van der Waals surface area contributed by atoms with Crippen LogP contribution in [0.3, 0.4) is 0 Å².